The summed E-state index contributed by atoms with van der Waals surface area (Å²) in [7, 11) is 1.49. The summed E-state index contributed by atoms with van der Waals surface area (Å²) in [6.07, 6.45) is 0. The minimum absolute atomic E-state index is 0.432. The van der Waals surface area contributed by atoms with Crippen LogP contribution < -0.4 is 24.8 Å². The van der Waals surface area contributed by atoms with E-state index in [1.54, 1.807) is 0 Å². The van der Waals surface area contributed by atoms with Crippen molar-refractivity contribution in [3.8, 4) is 17.2 Å². The number of benzene rings is 4. The van der Waals surface area contributed by atoms with Crippen molar-refractivity contribution >= 4 is 23.7 Å². The van der Waals surface area contributed by atoms with Crippen molar-refractivity contribution in [3.63, 3.8) is 0 Å². The molecule has 4 nitrogen and oxygen atoms in total. The van der Waals surface area contributed by atoms with E-state index < -0.39 is 7.12 Å². The Labute approximate surface area is 207 Å². The zero-order chi connectivity index (χ0) is 24.0. The van der Waals surface area contributed by atoms with Crippen LogP contribution in [0, 0.1) is 0 Å². The lowest BCUT2D eigenvalue weighted by Gasteiger charge is -2.16. The van der Waals surface area contributed by atoms with E-state index in [0.29, 0.717) is 6.61 Å². The number of para-hydroxylation sites is 2. The average Bonchev–Trinajstić information content (AvgIpc) is 3.35. The topological polar surface area (TPSA) is 39.7 Å². The smallest absolute Gasteiger partial charge is 0.519 e. The lowest BCUT2D eigenvalue weighted by atomic mass is 9.78. The van der Waals surface area contributed by atoms with Crippen molar-refractivity contribution in [1.82, 2.24) is 5.32 Å². The highest BCUT2D eigenvalue weighted by Crippen LogP contribution is 2.34. The molecule has 0 saturated carbocycles. The summed E-state index contributed by atoms with van der Waals surface area (Å²) >= 11 is 0. The maximum Gasteiger partial charge on any atom is 0.632 e. The Balaban J connectivity index is 1.46. The van der Waals surface area contributed by atoms with E-state index in [9.17, 15) is 0 Å². The molecule has 0 bridgehead atoms. The van der Waals surface area contributed by atoms with Crippen LogP contribution in [0.4, 0.5) is 0 Å². The molecule has 1 heterocycles. The molecule has 0 unspecified atom stereocenters. The molecule has 0 aliphatic carbocycles. The summed E-state index contributed by atoms with van der Waals surface area (Å²) in [5.74, 6) is 2.42. The fourth-order valence-electron chi connectivity index (χ4n) is 4.26. The van der Waals surface area contributed by atoms with Crippen molar-refractivity contribution in [2.45, 2.75) is 6.92 Å². The van der Waals surface area contributed by atoms with E-state index in [1.165, 1.54) is 16.7 Å². The Kier molecular flexibility index (Phi) is 6.87. The summed E-state index contributed by atoms with van der Waals surface area (Å²) in [5.41, 5.74) is 6.84. The number of allylic oxidation sites excluding steroid dienone is 1. The quantitative estimate of drug-likeness (QED) is 0.216. The van der Waals surface area contributed by atoms with Crippen molar-refractivity contribution in [3.05, 3.63) is 120 Å². The molecule has 0 radical (unpaired) electrons. The van der Waals surface area contributed by atoms with Crippen LogP contribution in [0.1, 0.15) is 23.6 Å². The molecule has 4 aromatic rings. The summed E-state index contributed by atoms with van der Waals surface area (Å²) < 4.78 is 17.8. The zero-order valence-corrected chi connectivity index (χ0v) is 20.0. The van der Waals surface area contributed by atoms with Crippen LogP contribution in [-0.4, -0.2) is 27.3 Å². The highest BCUT2D eigenvalue weighted by atomic mass is 16.6. The van der Waals surface area contributed by atoms with Crippen molar-refractivity contribution < 1.29 is 14.0 Å². The molecule has 1 aliphatic heterocycles. The number of fused-ring (bicyclic) bond motifs is 1. The summed E-state index contributed by atoms with van der Waals surface area (Å²) in [6, 6.07) is 35.0. The monoisotopic (exact) mass is 461 g/mol. The first-order valence-electron chi connectivity index (χ1n) is 11.9. The van der Waals surface area contributed by atoms with Gasteiger partial charge in [-0.05, 0) is 66.1 Å². The lowest BCUT2D eigenvalue weighted by molar-refractivity contribution is 0.318. The van der Waals surface area contributed by atoms with Gasteiger partial charge in [-0.1, -0.05) is 78.9 Å². The molecule has 1 N–H and O–H groups in total. The van der Waals surface area contributed by atoms with E-state index in [0.717, 1.165) is 40.4 Å². The Hall–Kier alpha value is -3.96. The fourth-order valence-corrected chi connectivity index (χ4v) is 4.26. The molecule has 0 amide bonds. The molecular formula is C30H28BNO3. The second-order valence-corrected chi connectivity index (χ2v) is 8.48. The molecule has 4 aromatic carbocycles. The second kappa shape index (κ2) is 10.5. The van der Waals surface area contributed by atoms with E-state index in [-0.39, 0.29) is 0 Å². The first kappa shape index (κ1) is 22.8. The van der Waals surface area contributed by atoms with Crippen molar-refractivity contribution in [1.29, 1.82) is 0 Å². The lowest BCUT2D eigenvalue weighted by Crippen LogP contribution is -2.38. The van der Waals surface area contributed by atoms with Gasteiger partial charge >= 0.3 is 7.12 Å². The minimum atomic E-state index is -0.432. The Morgan fingerprint density at radius 1 is 0.714 bits per heavy atom. The van der Waals surface area contributed by atoms with Crippen LogP contribution in [0.3, 0.4) is 0 Å². The van der Waals surface area contributed by atoms with Crippen LogP contribution in [0.25, 0.3) is 11.1 Å². The zero-order valence-electron chi connectivity index (χ0n) is 20.0. The molecule has 174 valence electrons. The van der Waals surface area contributed by atoms with Crippen molar-refractivity contribution in [2.75, 3.05) is 20.2 Å². The first-order chi connectivity index (χ1) is 17.2. The van der Waals surface area contributed by atoms with Gasteiger partial charge in [-0.15, -0.1) is 0 Å². The van der Waals surface area contributed by atoms with E-state index in [4.69, 9.17) is 14.0 Å². The minimum Gasteiger partial charge on any atom is -0.519 e. The van der Waals surface area contributed by atoms with Gasteiger partial charge in [-0.25, -0.2) is 0 Å². The maximum atomic E-state index is 6.00. The first-order valence-corrected chi connectivity index (χ1v) is 11.9. The second-order valence-electron chi connectivity index (χ2n) is 8.48. The number of hydrogen-bond acceptors (Lipinski definition) is 4. The van der Waals surface area contributed by atoms with Gasteiger partial charge in [0.2, 0.25) is 0 Å². The van der Waals surface area contributed by atoms with Gasteiger partial charge in [0.15, 0.2) is 0 Å². The maximum absolute atomic E-state index is 6.00. The van der Waals surface area contributed by atoms with Crippen LogP contribution in [0.5, 0.6) is 17.2 Å². The van der Waals surface area contributed by atoms with Crippen LogP contribution >= 0.6 is 0 Å². The highest BCUT2D eigenvalue weighted by Gasteiger charge is 2.33. The number of ether oxygens (including phenoxy) is 1. The van der Waals surface area contributed by atoms with E-state index in [2.05, 4.69) is 72.9 Å². The normalized spacial score (nSPS) is 12.9. The van der Waals surface area contributed by atoms with Gasteiger partial charge in [0.05, 0.1) is 0 Å². The van der Waals surface area contributed by atoms with Crippen LogP contribution in [-0.2, 0) is 0 Å². The summed E-state index contributed by atoms with van der Waals surface area (Å²) in [5, 5.41) is 3.10. The highest BCUT2D eigenvalue weighted by molar-refractivity contribution is 6.63. The molecular weight excluding hydrogens is 433 g/mol. The van der Waals surface area contributed by atoms with Crippen molar-refractivity contribution in [2.24, 2.45) is 0 Å². The third kappa shape index (κ3) is 5.10. The van der Waals surface area contributed by atoms with Gasteiger partial charge in [0.1, 0.15) is 23.9 Å². The third-order valence-corrected chi connectivity index (χ3v) is 6.13. The number of hydrogen-bond donors (Lipinski definition) is 1. The summed E-state index contributed by atoms with van der Waals surface area (Å²) in [6.45, 7) is 3.62. The predicted molar refractivity (Wildman–Crippen MR) is 143 cm³/mol. The Bertz CT molecular complexity index is 1280. The number of rotatable bonds is 8. The fraction of sp³-hybridized carbons (Fsp3) is 0.133. The standard InChI is InChI=1S/C30H28BNO3/c1-22(23-8-4-3-5-9-23)30(25-14-18-27(19-15-25)33-21-20-32-2)24-12-16-26(17-13-24)31-34-28-10-6-7-11-29(28)35-31/h3-19,32H,20-21H2,1-2H3/b30-22-. The molecule has 0 spiro atoms. The largest absolute Gasteiger partial charge is 0.632 e. The SMILES string of the molecule is CNCCOc1ccc(/C(=C(/C)c2ccccc2)c2ccc(B3Oc4ccccc4O3)cc2)cc1. The van der Waals surface area contributed by atoms with Gasteiger partial charge in [-0.2, -0.15) is 0 Å². The van der Waals surface area contributed by atoms with Crippen LogP contribution in [0.2, 0.25) is 0 Å². The predicted octanol–water partition coefficient (Wildman–Crippen LogP) is 5.43. The molecule has 35 heavy (non-hydrogen) atoms. The van der Waals surface area contributed by atoms with Gasteiger partial charge in [0.25, 0.3) is 0 Å². The average molecular weight is 461 g/mol. The Morgan fingerprint density at radius 2 is 1.29 bits per heavy atom. The molecule has 0 atom stereocenters. The molecule has 0 aromatic heterocycles. The molecule has 1 aliphatic rings. The van der Waals surface area contributed by atoms with Gasteiger partial charge in [0, 0.05) is 12.0 Å². The number of likely N-dealkylation sites (N-methyl/N-ethyl adjacent to an activating group) is 1. The molecule has 5 heteroatoms. The van der Waals surface area contributed by atoms with E-state index >= 15 is 0 Å². The molecule has 0 fully saturated rings. The van der Waals surface area contributed by atoms with Gasteiger partial charge in [-0.3, -0.25) is 0 Å². The van der Waals surface area contributed by atoms with Crippen LogP contribution in [0.15, 0.2) is 103 Å². The molecule has 5 rings (SSSR count). The summed E-state index contributed by atoms with van der Waals surface area (Å²) in [4.78, 5) is 0. The van der Waals surface area contributed by atoms with Gasteiger partial charge < -0.3 is 19.4 Å². The Morgan fingerprint density at radius 3 is 1.89 bits per heavy atom. The molecule has 0 saturated heterocycles. The third-order valence-electron chi connectivity index (χ3n) is 6.13. The van der Waals surface area contributed by atoms with E-state index in [1.807, 2.05) is 49.5 Å². The number of nitrogens with one attached hydrogen (secondary N) is 1.